The van der Waals surface area contributed by atoms with E-state index in [0.29, 0.717) is 16.8 Å². The fraction of sp³-hybridized carbons (Fsp3) is 0.300. The summed E-state index contributed by atoms with van der Waals surface area (Å²) in [6.07, 6.45) is 0. The van der Waals surface area contributed by atoms with Crippen molar-refractivity contribution in [1.82, 2.24) is 0 Å². The molecule has 1 heterocycles. The number of amides is 1. The quantitative estimate of drug-likeness (QED) is 0.657. The van der Waals surface area contributed by atoms with Crippen LogP contribution in [0.3, 0.4) is 0 Å². The Morgan fingerprint density at radius 1 is 1.19 bits per heavy atom. The van der Waals surface area contributed by atoms with E-state index in [-0.39, 0.29) is 17.8 Å². The first-order chi connectivity index (χ1) is 12.6. The molecule has 0 fully saturated rings. The predicted octanol–water partition coefficient (Wildman–Crippen LogP) is 3.72. The standard InChI is InChI=1S/C20H20N2O5/c1-20(2,3)15-9-8-12(10-17(15)22(26)27)18(23)21-11-14(19(24)25)13-6-4-5-7-16(13)21/h4-10,14H,11H2,1-3H3,(H,24,25). The lowest BCUT2D eigenvalue weighted by atomic mass is 9.85. The molecular weight excluding hydrogens is 348 g/mol. The molecule has 0 aliphatic carbocycles. The number of carbonyl (C=O) groups excluding carboxylic acids is 1. The molecule has 1 aliphatic heterocycles. The highest BCUT2D eigenvalue weighted by molar-refractivity contribution is 6.09. The summed E-state index contributed by atoms with van der Waals surface area (Å²) in [5.41, 5.74) is 1.23. The topological polar surface area (TPSA) is 101 Å². The van der Waals surface area contributed by atoms with Crippen LogP contribution in [-0.4, -0.2) is 28.5 Å². The Labute approximate surface area is 156 Å². The van der Waals surface area contributed by atoms with Gasteiger partial charge in [-0.2, -0.15) is 0 Å². The number of nitro groups is 1. The van der Waals surface area contributed by atoms with Crippen molar-refractivity contribution in [3.05, 3.63) is 69.3 Å². The highest BCUT2D eigenvalue weighted by Crippen LogP contribution is 2.38. The summed E-state index contributed by atoms with van der Waals surface area (Å²) in [6, 6.07) is 11.3. The van der Waals surface area contributed by atoms with Gasteiger partial charge in [0.25, 0.3) is 11.6 Å². The smallest absolute Gasteiger partial charge is 0.312 e. The number of rotatable bonds is 3. The van der Waals surface area contributed by atoms with Crippen molar-refractivity contribution in [1.29, 1.82) is 0 Å². The van der Waals surface area contributed by atoms with Gasteiger partial charge in [-0.25, -0.2) is 0 Å². The van der Waals surface area contributed by atoms with Gasteiger partial charge >= 0.3 is 5.97 Å². The predicted molar refractivity (Wildman–Crippen MR) is 100 cm³/mol. The number of hydrogen-bond donors (Lipinski definition) is 1. The maximum absolute atomic E-state index is 13.0. The lowest BCUT2D eigenvalue weighted by molar-refractivity contribution is -0.386. The van der Waals surface area contributed by atoms with Gasteiger partial charge in [-0.3, -0.25) is 19.7 Å². The van der Waals surface area contributed by atoms with Crippen LogP contribution in [0.1, 0.15) is 48.2 Å². The molecule has 0 spiro atoms. The molecule has 1 N–H and O–H groups in total. The summed E-state index contributed by atoms with van der Waals surface area (Å²) < 4.78 is 0. The minimum absolute atomic E-state index is 0.00231. The first kappa shape index (κ1) is 18.6. The van der Waals surface area contributed by atoms with Crippen molar-refractivity contribution < 1.29 is 19.6 Å². The van der Waals surface area contributed by atoms with E-state index in [9.17, 15) is 24.8 Å². The summed E-state index contributed by atoms with van der Waals surface area (Å²) in [4.78, 5) is 37.0. The first-order valence-corrected chi connectivity index (χ1v) is 8.54. The Kier molecular flexibility index (Phi) is 4.47. The van der Waals surface area contributed by atoms with Crippen molar-refractivity contribution >= 4 is 23.3 Å². The maximum atomic E-state index is 13.0. The summed E-state index contributed by atoms with van der Waals surface area (Å²) in [5.74, 6) is -2.27. The van der Waals surface area contributed by atoms with E-state index in [4.69, 9.17) is 0 Å². The molecule has 7 nitrogen and oxygen atoms in total. The molecule has 0 bridgehead atoms. The van der Waals surface area contributed by atoms with Gasteiger partial charge in [0.2, 0.25) is 0 Å². The molecular formula is C20H20N2O5. The van der Waals surface area contributed by atoms with E-state index in [2.05, 4.69) is 0 Å². The molecule has 140 valence electrons. The van der Waals surface area contributed by atoms with Crippen LogP contribution in [0.25, 0.3) is 0 Å². The van der Waals surface area contributed by atoms with Crippen molar-refractivity contribution in [2.75, 3.05) is 11.4 Å². The third-order valence-corrected chi connectivity index (χ3v) is 4.76. The lowest BCUT2D eigenvalue weighted by Gasteiger charge is -2.21. The van der Waals surface area contributed by atoms with Crippen LogP contribution in [0.4, 0.5) is 11.4 Å². The second-order valence-corrected chi connectivity index (χ2v) is 7.60. The zero-order chi connectivity index (χ0) is 19.9. The Bertz CT molecular complexity index is 946. The zero-order valence-corrected chi connectivity index (χ0v) is 15.3. The second kappa shape index (κ2) is 6.50. The number of benzene rings is 2. The lowest BCUT2D eigenvalue weighted by Crippen LogP contribution is -2.31. The third-order valence-electron chi connectivity index (χ3n) is 4.76. The first-order valence-electron chi connectivity index (χ1n) is 8.54. The fourth-order valence-electron chi connectivity index (χ4n) is 3.42. The van der Waals surface area contributed by atoms with Gasteiger partial charge in [-0.1, -0.05) is 45.0 Å². The van der Waals surface area contributed by atoms with Gasteiger partial charge in [0.05, 0.1) is 4.92 Å². The van der Waals surface area contributed by atoms with E-state index in [0.717, 1.165) is 0 Å². The van der Waals surface area contributed by atoms with E-state index in [1.165, 1.54) is 11.0 Å². The Morgan fingerprint density at radius 2 is 1.85 bits per heavy atom. The molecule has 27 heavy (non-hydrogen) atoms. The van der Waals surface area contributed by atoms with E-state index < -0.39 is 28.1 Å². The largest absolute Gasteiger partial charge is 0.481 e. The summed E-state index contributed by atoms with van der Waals surface area (Å²) >= 11 is 0. The maximum Gasteiger partial charge on any atom is 0.312 e. The Balaban J connectivity index is 2.03. The summed E-state index contributed by atoms with van der Waals surface area (Å²) in [5, 5.41) is 21.0. The van der Waals surface area contributed by atoms with Gasteiger partial charge < -0.3 is 10.0 Å². The van der Waals surface area contributed by atoms with E-state index >= 15 is 0 Å². The van der Waals surface area contributed by atoms with Crippen LogP contribution in [0.15, 0.2) is 42.5 Å². The summed E-state index contributed by atoms with van der Waals surface area (Å²) in [7, 11) is 0. The van der Waals surface area contributed by atoms with Gasteiger partial charge in [-0.05, 0) is 23.1 Å². The summed E-state index contributed by atoms with van der Waals surface area (Å²) in [6.45, 7) is 5.60. The SMILES string of the molecule is CC(C)(C)c1ccc(C(=O)N2CC(C(=O)O)c3ccccc32)cc1[N+](=O)[O-]. The van der Waals surface area contributed by atoms with Gasteiger partial charge in [0.15, 0.2) is 0 Å². The fourth-order valence-corrected chi connectivity index (χ4v) is 3.42. The molecule has 0 saturated carbocycles. The van der Waals surface area contributed by atoms with Crippen LogP contribution in [-0.2, 0) is 10.2 Å². The number of carbonyl (C=O) groups is 2. The second-order valence-electron chi connectivity index (χ2n) is 7.60. The minimum Gasteiger partial charge on any atom is -0.481 e. The molecule has 0 radical (unpaired) electrons. The zero-order valence-electron chi connectivity index (χ0n) is 15.3. The molecule has 0 aromatic heterocycles. The van der Waals surface area contributed by atoms with Gasteiger partial charge in [0, 0.05) is 29.4 Å². The number of anilines is 1. The molecule has 0 saturated heterocycles. The van der Waals surface area contributed by atoms with Crippen LogP contribution in [0, 0.1) is 10.1 Å². The molecule has 7 heteroatoms. The van der Waals surface area contributed by atoms with Crippen molar-refractivity contribution in [2.24, 2.45) is 0 Å². The van der Waals surface area contributed by atoms with Gasteiger partial charge in [-0.15, -0.1) is 0 Å². The number of carboxylic acids is 1. The number of aliphatic carboxylic acids is 1. The van der Waals surface area contributed by atoms with Crippen molar-refractivity contribution in [2.45, 2.75) is 32.1 Å². The average Bonchev–Trinajstić information content (AvgIpc) is 2.99. The molecule has 2 aromatic carbocycles. The van der Waals surface area contributed by atoms with Crippen LogP contribution in [0.2, 0.25) is 0 Å². The number of fused-ring (bicyclic) bond motifs is 1. The molecule has 1 atom stereocenters. The minimum atomic E-state index is -1.01. The molecule has 2 aromatic rings. The molecule has 1 unspecified atom stereocenters. The number of carboxylic acid groups (broad SMARTS) is 1. The van der Waals surface area contributed by atoms with Crippen LogP contribution in [0.5, 0.6) is 0 Å². The monoisotopic (exact) mass is 368 g/mol. The number of para-hydroxylation sites is 1. The molecule has 1 aliphatic rings. The van der Waals surface area contributed by atoms with Gasteiger partial charge in [0.1, 0.15) is 5.92 Å². The number of hydrogen-bond acceptors (Lipinski definition) is 4. The molecule has 3 rings (SSSR count). The van der Waals surface area contributed by atoms with Crippen molar-refractivity contribution in [3.63, 3.8) is 0 Å². The Hall–Kier alpha value is -3.22. The number of nitro benzene ring substituents is 1. The molecule has 1 amide bonds. The van der Waals surface area contributed by atoms with Crippen LogP contribution < -0.4 is 4.90 Å². The highest BCUT2D eigenvalue weighted by atomic mass is 16.6. The van der Waals surface area contributed by atoms with E-state index in [1.54, 1.807) is 36.4 Å². The van der Waals surface area contributed by atoms with E-state index in [1.807, 2.05) is 20.8 Å². The highest BCUT2D eigenvalue weighted by Gasteiger charge is 2.37. The average molecular weight is 368 g/mol. The van der Waals surface area contributed by atoms with Crippen molar-refractivity contribution in [3.8, 4) is 0 Å². The normalized spacial score (nSPS) is 16.1. The number of nitrogens with zero attached hydrogens (tertiary/aromatic N) is 2. The third kappa shape index (κ3) is 3.28. The van der Waals surface area contributed by atoms with Crippen LogP contribution >= 0.6 is 0 Å². The Morgan fingerprint density at radius 3 is 2.44 bits per heavy atom.